The lowest BCUT2D eigenvalue weighted by atomic mass is 10.3. The lowest BCUT2D eigenvalue weighted by Crippen LogP contribution is -2.30. The molecule has 2 N–H and O–H groups in total. The zero-order valence-electron chi connectivity index (χ0n) is 9.37. The number of carbonyl (C=O) groups excluding carboxylic acids is 1. The average Bonchev–Trinajstić information content (AvgIpc) is 2.72. The molecule has 8 nitrogen and oxygen atoms in total. The van der Waals surface area contributed by atoms with Crippen LogP contribution in [0.5, 0.6) is 0 Å². The van der Waals surface area contributed by atoms with Crippen LogP contribution in [-0.2, 0) is 11.3 Å². The molecule has 94 valence electrons. The summed E-state index contributed by atoms with van der Waals surface area (Å²) in [5, 5.41) is 21.8. The van der Waals surface area contributed by atoms with E-state index in [0.29, 0.717) is 6.54 Å². The smallest absolute Gasteiger partial charge is 0.381 e. The number of aryl methyl sites for hydroxylation is 1. The number of aromatic nitrogens is 2. The highest BCUT2D eigenvalue weighted by Gasteiger charge is 2.10. The van der Waals surface area contributed by atoms with E-state index in [1.807, 2.05) is 0 Å². The van der Waals surface area contributed by atoms with E-state index in [0.717, 1.165) is 0 Å². The van der Waals surface area contributed by atoms with E-state index >= 15 is 0 Å². The maximum Gasteiger partial charge on any atom is 0.381 e. The topological polar surface area (TPSA) is 110 Å². The molecule has 1 unspecified atom stereocenters. The third-order valence-corrected chi connectivity index (χ3v) is 2.00. The molecule has 1 atom stereocenters. The van der Waals surface area contributed by atoms with Gasteiger partial charge >= 0.3 is 5.82 Å². The Morgan fingerprint density at radius 2 is 2.47 bits per heavy atom. The fourth-order valence-electron chi connectivity index (χ4n) is 1.15. The van der Waals surface area contributed by atoms with Crippen molar-refractivity contribution in [2.75, 3.05) is 6.54 Å². The highest BCUT2D eigenvalue weighted by Crippen LogP contribution is 2.05. The minimum Gasteiger partial charge on any atom is -0.392 e. The summed E-state index contributed by atoms with van der Waals surface area (Å²) >= 11 is 0. The van der Waals surface area contributed by atoms with E-state index in [1.54, 1.807) is 6.92 Å². The van der Waals surface area contributed by atoms with Crippen LogP contribution < -0.4 is 5.32 Å². The van der Waals surface area contributed by atoms with Gasteiger partial charge in [-0.2, -0.15) is 0 Å². The minimum atomic E-state index is -0.593. The molecular weight excluding hydrogens is 228 g/mol. The van der Waals surface area contributed by atoms with E-state index < -0.39 is 11.0 Å². The number of carbonyl (C=O) groups is 1. The highest BCUT2D eigenvalue weighted by atomic mass is 16.6. The summed E-state index contributed by atoms with van der Waals surface area (Å²) in [4.78, 5) is 24.6. The number of hydrogen-bond acceptors (Lipinski definition) is 5. The Balaban J connectivity index is 2.34. The third kappa shape index (κ3) is 4.60. The fraction of sp³-hybridized carbons (Fsp3) is 0.556. The summed E-state index contributed by atoms with van der Waals surface area (Å²) < 4.78 is 1.47. The number of nitrogens with one attached hydrogen (secondary N) is 1. The molecule has 0 aliphatic heterocycles. The summed E-state index contributed by atoms with van der Waals surface area (Å²) in [6, 6.07) is 0. The highest BCUT2D eigenvalue weighted by molar-refractivity contribution is 5.75. The normalized spacial score (nSPS) is 12.1. The maximum atomic E-state index is 11.3. The molecule has 1 aromatic rings. The van der Waals surface area contributed by atoms with Crippen molar-refractivity contribution in [1.29, 1.82) is 0 Å². The van der Waals surface area contributed by atoms with Gasteiger partial charge in [0.05, 0.1) is 6.10 Å². The molecule has 0 bridgehead atoms. The lowest BCUT2D eigenvalue weighted by molar-refractivity contribution is -0.389. The molecule has 8 heteroatoms. The van der Waals surface area contributed by atoms with Gasteiger partial charge in [-0.1, -0.05) is 0 Å². The number of nitrogens with zero attached hydrogens (tertiary/aromatic N) is 3. The molecule has 0 aromatic carbocycles. The van der Waals surface area contributed by atoms with Gasteiger partial charge in [0.1, 0.15) is 6.20 Å². The largest absolute Gasteiger partial charge is 0.392 e. The van der Waals surface area contributed by atoms with Crippen molar-refractivity contribution in [2.24, 2.45) is 0 Å². The van der Waals surface area contributed by atoms with Crippen molar-refractivity contribution in [2.45, 2.75) is 26.0 Å². The monoisotopic (exact) mass is 242 g/mol. The zero-order valence-corrected chi connectivity index (χ0v) is 9.37. The van der Waals surface area contributed by atoms with Crippen LogP contribution >= 0.6 is 0 Å². The number of aliphatic hydroxyl groups is 1. The maximum absolute atomic E-state index is 11.3. The molecule has 0 aliphatic carbocycles. The Morgan fingerprint density at radius 3 is 3.00 bits per heavy atom. The first-order chi connectivity index (χ1) is 7.99. The Bertz CT molecular complexity index is 401. The summed E-state index contributed by atoms with van der Waals surface area (Å²) in [6.07, 6.45) is 2.16. The Hall–Kier alpha value is -1.96. The van der Waals surface area contributed by atoms with E-state index in [-0.39, 0.29) is 24.7 Å². The molecule has 0 saturated carbocycles. The van der Waals surface area contributed by atoms with Crippen LogP contribution in [0.3, 0.4) is 0 Å². The van der Waals surface area contributed by atoms with Crippen LogP contribution in [0.15, 0.2) is 12.5 Å². The molecular formula is C9H14N4O4. The van der Waals surface area contributed by atoms with Crippen molar-refractivity contribution in [1.82, 2.24) is 14.9 Å². The molecule has 0 aliphatic rings. The van der Waals surface area contributed by atoms with Crippen LogP contribution in [0.1, 0.15) is 13.3 Å². The minimum absolute atomic E-state index is 0.181. The van der Waals surface area contributed by atoms with Crippen molar-refractivity contribution < 1.29 is 14.8 Å². The number of aliphatic hydroxyl groups excluding tert-OH is 1. The molecule has 17 heavy (non-hydrogen) atoms. The molecule has 0 saturated heterocycles. The van der Waals surface area contributed by atoms with Gasteiger partial charge in [0, 0.05) is 19.5 Å². The molecule has 1 heterocycles. The van der Waals surface area contributed by atoms with Gasteiger partial charge in [-0.25, -0.2) is 0 Å². The fourth-order valence-corrected chi connectivity index (χ4v) is 1.15. The summed E-state index contributed by atoms with van der Waals surface area (Å²) in [5.41, 5.74) is 0. The van der Waals surface area contributed by atoms with Crippen LogP contribution in [-0.4, -0.2) is 38.1 Å². The summed E-state index contributed by atoms with van der Waals surface area (Å²) in [6.45, 7) is 2.08. The van der Waals surface area contributed by atoms with E-state index in [1.165, 1.54) is 17.1 Å². The number of nitro groups is 1. The SMILES string of the molecule is CC(O)CNC(=O)CCn1cnc([N+](=O)[O-])c1. The van der Waals surface area contributed by atoms with Gasteiger partial charge < -0.3 is 25.1 Å². The van der Waals surface area contributed by atoms with Gasteiger partial charge in [-0.3, -0.25) is 4.79 Å². The first kappa shape index (κ1) is 13.1. The van der Waals surface area contributed by atoms with Gasteiger partial charge in [0.25, 0.3) is 0 Å². The first-order valence-corrected chi connectivity index (χ1v) is 5.10. The predicted octanol–water partition coefficient (Wildman–Crippen LogP) is -0.322. The molecule has 1 aromatic heterocycles. The van der Waals surface area contributed by atoms with E-state index in [4.69, 9.17) is 5.11 Å². The predicted molar refractivity (Wildman–Crippen MR) is 58.2 cm³/mol. The lowest BCUT2D eigenvalue weighted by Gasteiger charge is -2.06. The molecule has 0 spiro atoms. The molecule has 0 radical (unpaired) electrons. The second-order valence-corrected chi connectivity index (χ2v) is 3.63. The van der Waals surface area contributed by atoms with E-state index in [2.05, 4.69) is 10.3 Å². The van der Waals surface area contributed by atoms with Crippen LogP contribution in [0, 0.1) is 10.1 Å². The standard InChI is InChI=1S/C9H14N4O4/c1-7(14)4-10-9(15)2-3-12-5-8(11-6-12)13(16)17/h5-7,14H,2-4H2,1H3,(H,10,15). The van der Waals surface area contributed by atoms with E-state index in [9.17, 15) is 14.9 Å². The summed E-state index contributed by atoms with van der Waals surface area (Å²) in [5.74, 6) is -0.461. The zero-order chi connectivity index (χ0) is 12.8. The van der Waals surface area contributed by atoms with Crippen LogP contribution in [0.25, 0.3) is 0 Å². The number of amides is 1. The van der Waals surface area contributed by atoms with Crippen molar-refractivity contribution in [3.8, 4) is 0 Å². The number of hydrogen-bond donors (Lipinski definition) is 2. The molecule has 1 amide bonds. The number of rotatable bonds is 6. The second-order valence-electron chi connectivity index (χ2n) is 3.63. The van der Waals surface area contributed by atoms with Crippen molar-refractivity contribution >= 4 is 11.7 Å². The van der Waals surface area contributed by atoms with Gasteiger partial charge in [0.2, 0.25) is 12.2 Å². The number of imidazole rings is 1. The Kier molecular flexibility index (Phi) is 4.58. The quantitative estimate of drug-likeness (QED) is 0.524. The Labute approximate surface area is 97.4 Å². The van der Waals surface area contributed by atoms with Gasteiger partial charge in [0.15, 0.2) is 0 Å². The van der Waals surface area contributed by atoms with Gasteiger partial charge in [-0.05, 0) is 16.8 Å². The Morgan fingerprint density at radius 1 is 1.76 bits per heavy atom. The van der Waals surface area contributed by atoms with Crippen molar-refractivity contribution in [3.05, 3.63) is 22.6 Å². The summed E-state index contributed by atoms with van der Waals surface area (Å²) in [7, 11) is 0. The third-order valence-electron chi connectivity index (χ3n) is 2.00. The van der Waals surface area contributed by atoms with Gasteiger partial charge in [-0.15, -0.1) is 0 Å². The first-order valence-electron chi connectivity index (χ1n) is 5.10. The van der Waals surface area contributed by atoms with Crippen LogP contribution in [0.4, 0.5) is 5.82 Å². The average molecular weight is 242 g/mol. The second kappa shape index (κ2) is 5.94. The molecule has 1 rings (SSSR count). The molecule has 0 fully saturated rings. The van der Waals surface area contributed by atoms with Crippen LogP contribution in [0.2, 0.25) is 0 Å². The van der Waals surface area contributed by atoms with Crippen molar-refractivity contribution in [3.63, 3.8) is 0 Å².